The van der Waals surface area contributed by atoms with Crippen molar-refractivity contribution in [3.63, 3.8) is 0 Å². The van der Waals surface area contributed by atoms with Crippen molar-refractivity contribution >= 4 is 11.6 Å². The fourth-order valence-electron chi connectivity index (χ4n) is 2.73. The highest BCUT2D eigenvalue weighted by Gasteiger charge is 2.06. The summed E-state index contributed by atoms with van der Waals surface area (Å²) >= 11 is 0. The maximum absolute atomic E-state index is 4.47. The van der Waals surface area contributed by atoms with Crippen LogP contribution in [-0.2, 0) is 13.1 Å². The van der Waals surface area contributed by atoms with E-state index in [0.29, 0.717) is 6.54 Å². The number of guanidine groups is 1. The van der Waals surface area contributed by atoms with Crippen molar-refractivity contribution in [2.45, 2.75) is 33.4 Å². The molecule has 0 saturated carbocycles. The number of aliphatic imine (C=N–C) groups is 1. The van der Waals surface area contributed by atoms with Crippen LogP contribution in [0.25, 0.3) is 5.65 Å². The van der Waals surface area contributed by atoms with Gasteiger partial charge < -0.3 is 10.6 Å². The van der Waals surface area contributed by atoms with Gasteiger partial charge in [0.15, 0.2) is 17.4 Å². The predicted molar refractivity (Wildman–Crippen MR) is 97.5 cm³/mol. The quantitative estimate of drug-likeness (QED) is 0.401. The number of aromatic nitrogens is 5. The van der Waals surface area contributed by atoms with E-state index in [1.165, 1.54) is 5.69 Å². The van der Waals surface area contributed by atoms with E-state index in [9.17, 15) is 0 Å². The average Bonchev–Trinajstić information content (AvgIpc) is 3.17. The van der Waals surface area contributed by atoms with E-state index in [0.717, 1.165) is 42.6 Å². The van der Waals surface area contributed by atoms with Gasteiger partial charge in [0.25, 0.3) is 0 Å². The maximum atomic E-state index is 4.47. The van der Waals surface area contributed by atoms with Crippen molar-refractivity contribution in [2.75, 3.05) is 13.6 Å². The molecule has 0 aliphatic carbocycles. The molecule has 0 spiro atoms. The molecule has 0 aliphatic rings. The van der Waals surface area contributed by atoms with E-state index in [2.05, 4.69) is 43.9 Å². The lowest BCUT2D eigenvalue weighted by atomic mass is 10.4. The van der Waals surface area contributed by atoms with Crippen LogP contribution in [-0.4, -0.2) is 43.9 Å². The fraction of sp³-hybridized carbons (Fsp3) is 0.412. The summed E-state index contributed by atoms with van der Waals surface area (Å²) in [6, 6.07) is 7.94. The molecule has 0 atom stereocenters. The second kappa shape index (κ2) is 7.78. The third-order valence-electron chi connectivity index (χ3n) is 3.96. The Morgan fingerprint density at radius 2 is 2.08 bits per heavy atom. The van der Waals surface area contributed by atoms with Crippen molar-refractivity contribution in [2.24, 2.45) is 4.99 Å². The first kappa shape index (κ1) is 16.9. The Kier molecular flexibility index (Phi) is 5.27. The van der Waals surface area contributed by atoms with Crippen molar-refractivity contribution in [1.82, 2.24) is 35.0 Å². The van der Waals surface area contributed by atoms with Gasteiger partial charge in [0.2, 0.25) is 0 Å². The van der Waals surface area contributed by atoms with Gasteiger partial charge in [-0.25, -0.2) is 0 Å². The summed E-state index contributed by atoms with van der Waals surface area (Å²) in [7, 11) is 1.76. The Labute approximate surface area is 147 Å². The summed E-state index contributed by atoms with van der Waals surface area (Å²) in [6.45, 7) is 6.36. The van der Waals surface area contributed by atoms with Crippen molar-refractivity contribution in [1.29, 1.82) is 0 Å². The van der Waals surface area contributed by atoms with E-state index in [1.54, 1.807) is 7.05 Å². The first-order valence-electron chi connectivity index (χ1n) is 8.41. The zero-order chi connectivity index (χ0) is 17.6. The molecule has 25 heavy (non-hydrogen) atoms. The lowest BCUT2D eigenvalue weighted by Crippen LogP contribution is -2.38. The molecule has 132 valence electrons. The summed E-state index contributed by atoms with van der Waals surface area (Å²) in [5.74, 6) is 1.60. The molecule has 8 heteroatoms. The molecular weight excluding hydrogens is 316 g/mol. The molecule has 0 fully saturated rings. The number of hydrogen-bond acceptors (Lipinski definition) is 4. The van der Waals surface area contributed by atoms with Crippen LogP contribution in [0.1, 0.15) is 23.6 Å². The Morgan fingerprint density at radius 3 is 2.84 bits per heavy atom. The van der Waals surface area contributed by atoms with Crippen molar-refractivity contribution < 1.29 is 0 Å². The standard InChI is InChI=1S/C17H24N8/c1-13-11-14(2)25(23-13)10-6-8-19-17(18-3)20-12-16-22-21-15-7-4-5-9-24(15)16/h4-5,7,9,11H,6,8,10,12H2,1-3H3,(H2,18,19,20). The summed E-state index contributed by atoms with van der Waals surface area (Å²) in [4.78, 5) is 4.25. The molecule has 0 unspecified atom stereocenters. The normalized spacial score (nSPS) is 11.9. The number of rotatable bonds is 6. The number of aryl methyl sites for hydroxylation is 3. The highest BCUT2D eigenvalue weighted by molar-refractivity contribution is 5.79. The van der Waals surface area contributed by atoms with Crippen LogP contribution in [0, 0.1) is 13.8 Å². The zero-order valence-corrected chi connectivity index (χ0v) is 14.9. The van der Waals surface area contributed by atoms with E-state index in [-0.39, 0.29) is 0 Å². The molecule has 0 aliphatic heterocycles. The number of nitrogens with one attached hydrogen (secondary N) is 2. The Hall–Kier alpha value is -2.90. The second-order valence-corrected chi connectivity index (χ2v) is 5.90. The van der Waals surface area contributed by atoms with Crippen LogP contribution >= 0.6 is 0 Å². The van der Waals surface area contributed by atoms with Crippen LogP contribution in [0.2, 0.25) is 0 Å². The highest BCUT2D eigenvalue weighted by Crippen LogP contribution is 2.03. The Bertz CT molecular complexity index is 861. The van der Waals surface area contributed by atoms with Gasteiger partial charge in [0, 0.05) is 32.0 Å². The van der Waals surface area contributed by atoms with Crippen molar-refractivity contribution in [3.8, 4) is 0 Å². The van der Waals surface area contributed by atoms with E-state index in [4.69, 9.17) is 0 Å². The highest BCUT2D eigenvalue weighted by atomic mass is 15.3. The molecule has 3 aromatic heterocycles. The van der Waals surface area contributed by atoms with Gasteiger partial charge in [-0.05, 0) is 38.5 Å². The third-order valence-corrected chi connectivity index (χ3v) is 3.96. The van der Waals surface area contributed by atoms with Gasteiger partial charge in [-0.2, -0.15) is 5.10 Å². The molecule has 0 amide bonds. The predicted octanol–water partition coefficient (Wildman–Crippen LogP) is 1.30. The molecule has 0 bridgehead atoms. The molecule has 2 N–H and O–H groups in total. The molecule has 0 saturated heterocycles. The van der Waals surface area contributed by atoms with E-state index >= 15 is 0 Å². The SMILES string of the molecule is CN=C(NCCCn1nc(C)cc1C)NCc1nnc2ccccn12. The van der Waals surface area contributed by atoms with Gasteiger partial charge in [-0.15, -0.1) is 10.2 Å². The summed E-state index contributed by atoms with van der Waals surface area (Å²) in [5.41, 5.74) is 3.09. The Balaban J connectivity index is 1.46. The van der Waals surface area contributed by atoms with Gasteiger partial charge in [-0.3, -0.25) is 14.1 Å². The summed E-state index contributed by atoms with van der Waals surface area (Å²) < 4.78 is 4.00. The maximum Gasteiger partial charge on any atom is 0.191 e. The number of pyridine rings is 1. The molecule has 8 nitrogen and oxygen atoms in total. The zero-order valence-electron chi connectivity index (χ0n) is 14.9. The minimum absolute atomic E-state index is 0.558. The largest absolute Gasteiger partial charge is 0.356 e. The van der Waals surface area contributed by atoms with Gasteiger partial charge in [-0.1, -0.05) is 6.07 Å². The number of fused-ring (bicyclic) bond motifs is 1. The summed E-state index contributed by atoms with van der Waals surface area (Å²) in [5, 5.41) is 19.4. The fourth-order valence-corrected chi connectivity index (χ4v) is 2.73. The van der Waals surface area contributed by atoms with Gasteiger partial charge in [0.1, 0.15) is 0 Å². The molecular formula is C17H24N8. The Morgan fingerprint density at radius 1 is 1.20 bits per heavy atom. The van der Waals surface area contributed by atoms with Crippen molar-refractivity contribution in [3.05, 3.63) is 47.7 Å². The third kappa shape index (κ3) is 4.14. The van der Waals surface area contributed by atoms with Crippen LogP contribution in [0.5, 0.6) is 0 Å². The number of nitrogens with zero attached hydrogens (tertiary/aromatic N) is 6. The van der Waals surface area contributed by atoms with E-state index in [1.807, 2.05) is 40.4 Å². The van der Waals surface area contributed by atoms with Crippen LogP contribution in [0.3, 0.4) is 0 Å². The lowest BCUT2D eigenvalue weighted by Gasteiger charge is -2.11. The smallest absolute Gasteiger partial charge is 0.191 e. The monoisotopic (exact) mass is 340 g/mol. The lowest BCUT2D eigenvalue weighted by molar-refractivity contribution is 0.555. The van der Waals surface area contributed by atoms with Crippen LogP contribution in [0.15, 0.2) is 35.5 Å². The minimum Gasteiger partial charge on any atom is -0.356 e. The molecule has 3 rings (SSSR count). The second-order valence-electron chi connectivity index (χ2n) is 5.90. The van der Waals surface area contributed by atoms with Gasteiger partial charge >= 0.3 is 0 Å². The molecule has 0 radical (unpaired) electrons. The van der Waals surface area contributed by atoms with E-state index < -0.39 is 0 Å². The molecule has 3 aromatic rings. The van der Waals surface area contributed by atoms with Crippen LogP contribution < -0.4 is 10.6 Å². The first-order valence-corrected chi connectivity index (χ1v) is 8.41. The number of hydrogen-bond donors (Lipinski definition) is 2. The topological polar surface area (TPSA) is 84.4 Å². The van der Waals surface area contributed by atoms with Gasteiger partial charge in [0.05, 0.1) is 12.2 Å². The molecule has 0 aromatic carbocycles. The van der Waals surface area contributed by atoms with Crippen LogP contribution in [0.4, 0.5) is 0 Å². The molecule has 3 heterocycles. The minimum atomic E-state index is 0.558. The first-order chi connectivity index (χ1) is 12.2. The summed E-state index contributed by atoms with van der Waals surface area (Å²) in [6.07, 6.45) is 2.92. The average molecular weight is 340 g/mol.